The molecule has 0 saturated carbocycles. The molecule has 4 heteroatoms. The molecule has 1 saturated heterocycles. The van der Waals surface area contributed by atoms with Crippen LogP contribution in [0.25, 0.3) is 0 Å². The molecule has 0 N–H and O–H groups in total. The first-order chi connectivity index (χ1) is 6.18. The summed E-state index contributed by atoms with van der Waals surface area (Å²) in [4.78, 5) is 10.5. The number of rotatable bonds is 3. The van der Waals surface area contributed by atoms with Crippen molar-refractivity contribution in [3.8, 4) is 0 Å². The maximum Gasteiger partial charge on any atom is 0.244 e. The molecule has 13 heavy (non-hydrogen) atoms. The zero-order valence-electron chi connectivity index (χ0n) is 7.59. The molecule has 1 rings (SSSR count). The molecule has 0 unspecified atom stereocenters. The standard InChI is InChI=1S/C9H13ClO3/c1-12-9(3-2-8(10)11)4-6-13-7-5-9/h2-3H,4-7H2,1H3/b3-2+. The van der Waals surface area contributed by atoms with E-state index >= 15 is 0 Å². The van der Waals surface area contributed by atoms with Gasteiger partial charge in [0.2, 0.25) is 5.24 Å². The normalized spacial score (nSPS) is 22.0. The van der Waals surface area contributed by atoms with E-state index in [2.05, 4.69) is 0 Å². The zero-order valence-corrected chi connectivity index (χ0v) is 8.34. The van der Waals surface area contributed by atoms with Crippen LogP contribution in [0.2, 0.25) is 0 Å². The van der Waals surface area contributed by atoms with Crippen LogP contribution < -0.4 is 0 Å². The van der Waals surface area contributed by atoms with E-state index < -0.39 is 5.24 Å². The predicted octanol–water partition coefficient (Wildman–Crippen LogP) is 1.50. The Morgan fingerprint density at radius 1 is 1.54 bits per heavy atom. The Morgan fingerprint density at radius 2 is 2.15 bits per heavy atom. The van der Waals surface area contributed by atoms with Gasteiger partial charge < -0.3 is 9.47 Å². The van der Waals surface area contributed by atoms with Gasteiger partial charge in [0.15, 0.2) is 0 Å². The van der Waals surface area contributed by atoms with Crippen molar-refractivity contribution < 1.29 is 14.3 Å². The van der Waals surface area contributed by atoms with Gasteiger partial charge in [0.05, 0.1) is 5.60 Å². The molecule has 1 fully saturated rings. The molecule has 0 spiro atoms. The highest BCUT2D eigenvalue weighted by molar-refractivity contribution is 6.66. The fraction of sp³-hybridized carbons (Fsp3) is 0.667. The molecule has 3 nitrogen and oxygen atoms in total. The molecule has 0 radical (unpaired) electrons. The lowest BCUT2D eigenvalue weighted by atomic mass is 9.94. The molecule has 0 amide bonds. The zero-order chi connectivity index (χ0) is 9.73. The van der Waals surface area contributed by atoms with E-state index in [1.54, 1.807) is 13.2 Å². The number of hydrogen-bond acceptors (Lipinski definition) is 3. The maximum absolute atomic E-state index is 10.5. The monoisotopic (exact) mass is 204 g/mol. The summed E-state index contributed by atoms with van der Waals surface area (Å²) in [5.74, 6) is 0. The molecule has 1 heterocycles. The minimum atomic E-state index is -0.470. The van der Waals surface area contributed by atoms with Crippen molar-refractivity contribution in [2.75, 3.05) is 20.3 Å². The van der Waals surface area contributed by atoms with E-state index in [-0.39, 0.29) is 5.60 Å². The van der Waals surface area contributed by atoms with Crippen LogP contribution >= 0.6 is 11.6 Å². The number of carbonyl (C=O) groups excluding carboxylic acids is 1. The number of allylic oxidation sites excluding steroid dienone is 1. The number of hydrogen-bond donors (Lipinski definition) is 0. The van der Waals surface area contributed by atoms with Crippen molar-refractivity contribution in [2.24, 2.45) is 0 Å². The number of methoxy groups -OCH3 is 1. The predicted molar refractivity (Wildman–Crippen MR) is 49.8 cm³/mol. The van der Waals surface area contributed by atoms with Gasteiger partial charge in [-0.3, -0.25) is 4.79 Å². The third-order valence-corrected chi connectivity index (χ3v) is 2.39. The highest BCUT2D eigenvalue weighted by Gasteiger charge is 2.29. The van der Waals surface area contributed by atoms with E-state index in [0.717, 1.165) is 12.8 Å². The second-order valence-electron chi connectivity index (χ2n) is 3.02. The first-order valence-electron chi connectivity index (χ1n) is 4.20. The Morgan fingerprint density at radius 3 is 2.62 bits per heavy atom. The third kappa shape index (κ3) is 3.10. The molecule has 0 aromatic rings. The first-order valence-corrected chi connectivity index (χ1v) is 4.58. The minimum Gasteiger partial charge on any atom is -0.381 e. The molecule has 0 aromatic heterocycles. The van der Waals surface area contributed by atoms with Gasteiger partial charge in [-0.05, 0) is 23.8 Å². The van der Waals surface area contributed by atoms with Gasteiger partial charge in [-0.2, -0.15) is 0 Å². The fourth-order valence-electron chi connectivity index (χ4n) is 1.37. The molecular formula is C9H13ClO3. The largest absolute Gasteiger partial charge is 0.381 e. The van der Waals surface area contributed by atoms with Crippen LogP contribution in [0.3, 0.4) is 0 Å². The summed E-state index contributed by atoms with van der Waals surface area (Å²) in [6, 6.07) is 0. The fourth-order valence-corrected chi connectivity index (χ4v) is 1.44. The molecule has 0 bridgehead atoms. The molecule has 1 aliphatic heterocycles. The Hall–Kier alpha value is -0.380. The van der Waals surface area contributed by atoms with Gasteiger partial charge in [0.1, 0.15) is 0 Å². The van der Waals surface area contributed by atoms with E-state index in [1.165, 1.54) is 6.08 Å². The van der Waals surface area contributed by atoms with E-state index in [0.29, 0.717) is 13.2 Å². The number of ether oxygens (including phenoxy) is 2. The first kappa shape index (κ1) is 10.7. The highest BCUT2D eigenvalue weighted by Crippen LogP contribution is 2.25. The summed E-state index contributed by atoms with van der Waals surface area (Å²) in [5, 5.41) is -0.470. The second-order valence-corrected chi connectivity index (χ2v) is 3.39. The van der Waals surface area contributed by atoms with E-state index in [4.69, 9.17) is 21.1 Å². The summed E-state index contributed by atoms with van der Waals surface area (Å²) >= 11 is 5.20. The SMILES string of the molecule is COC1(/C=C/C(=O)Cl)CCOCC1. The Labute approximate surface area is 82.7 Å². The number of halogens is 1. The van der Waals surface area contributed by atoms with Gasteiger partial charge in [-0.15, -0.1) is 0 Å². The summed E-state index contributed by atoms with van der Waals surface area (Å²) in [6.45, 7) is 1.32. The minimum absolute atomic E-state index is 0.358. The van der Waals surface area contributed by atoms with Gasteiger partial charge in [-0.25, -0.2) is 0 Å². The Kier molecular flexibility index (Phi) is 3.90. The summed E-state index contributed by atoms with van der Waals surface area (Å²) in [5.41, 5.74) is -0.358. The van der Waals surface area contributed by atoms with Crippen LogP contribution in [0.5, 0.6) is 0 Å². The van der Waals surface area contributed by atoms with Gasteiger partial charge in [0.25, 0.3) is 0 Å². The van der Waals surface area contributed by atoms with E-state index in [1.807, 2.05) is 0 Å². The van der Waals surface area contributed by atoms with Crippen molar-refractivity contribution in [3.63, 3.8) is 0 Å². The quantitative estimate of drug-likeness (QED) is 0.516. The Balaban J connectivity index is 2.62. The molecule has 0 aromatic carbocycles. The second kappa shape index (κ2) is 4.74. The molecular weight excluding hydrogens is 192 g/mol. The summed E-state index contributed by atoms with van der Waals surface area (Å²) < 4.78 is 10.6. The smallest absolute Gasteiger partial charge is 0.244 e. The van der Waals surface area contributed by atoms with Gasteiger partial charge in [-0.1, -0.05) is 0 Å². The van der Waals surface area contributed by atoms with Crippen molar-refractivity contribution >= 4 is 16.8 Å². The van der Waals surface area contributed by atoms with Crippen LogP contribution in [0.4, 0.5) is 0 Å². The summed E-state index contributed by atoms with van der Waals surface area (Å²) in [6.07, 6.45) is 4.61. The van der Waals surface area contributed by atoms with Crippen molar-refractivity contribution in [1.82, 2.24) is 0 Å². The van der Waals surface area contributed by atoms with E-state index in [9.17, 15) is 4.79 Å². The lowest BCUT2D eigenvalue weighted by molar-refractivity contribution is -0.108. The topological polar surface area (TPSA) is 35.5 Å². The maximum atomic E-state index is 10.5. The molecule has 0 aliphatic carbocycles. The van der Waals surface area contributed by atoms with Crippen LogP contribution in [-0.2, 0) is 14.3 Å². The molecule has 74 valence electrons. The van der Waals surface area contributed by atoms with Gasteiger partial charge >= 0.3 is 0 Å². The number of carbonyl (C=O) groups is 1. The van der Waals surface area contributed by atoms with Crippen LogP contribution in [0, 0.1) is 0 Å². The average Bonchev–Trinajstić information content (AvgIpc) is 2.16. The molecule has 1 aliphatic rings. The molecule has 0 atom stereocenters. The third-order valence-electron chi connectivity index (χ3n) is 2.26. The van der Waals surface area contributed by atoms with Crippen LogP contribution in [0.1, 0.15) is 12.8 Å². The van der Waals surface area contributed by atoms with Crippen molar-refractivity contribution in [1.29, 1.82) is 0 Å². The Bertz CT molecular complexity index is 207. The van der Waals surface area contributed by atoms with Crippen molar-refractivity contribution in [3.05, 3.63) is 12.2 Å². The summed E-state index contributed by atoms with van der Waals surface area (Å²) in [7, 11) is 1.63. The van der Waals surface area contributed by atoms with Gasteiger partial charge in [0, 0.05) is 33.2 Å². The average molecular weight is 205 g/mol. The lowest BCUT2D eigenvalue weighted by Crippen LogP contribution is -2.36. The van der Waals surface area contributed by atoms with Crippen LogP contribution in [0.15, 0.2) is 12.2 Å². The van der Waals surface area contributed by atoms with Crippen LogP contribution in [-0.4, -0.2) is 31.2 Å². The highest BCUT2D eigenvalue weighted by atomic mass is 35.5. The van der Waals surface area contributed by atoms with Crippen molar-refractivity contribution in [2.45, 2.75) is 18.4 Å². The lowest BCUT2D eigenvalue weighted by Gasteiger charge is -2.32.